The van der Waals surface area contributed by atoms with E-state index >= 15 is 0 Å². The number of nitrogens with two attached hydrogens (primary N) is 1. The third-order valence-electron chi connectivity index (χ3n) is 2.78. The van der Waals surface area contributed by atoms with Crippen molar-refractivity contribution in [2.45, 2.75) is 6.42 Å². The van der Waals surface area contributed by atoms with Crippen LogP contribution in [0.5, 0.6) is 5.75 Å². The van der Waals surface area contributed by atoms with E-state index in [1.807, 2.05) is 0 Å². The molecule has 0 atom stereocenters. The summed E-state index contributed by atoms with van der Waals surface area (Å²) in [5.41, 5.74) is 7.28. The molecule has 2 aromatic carbocycles. The minimum Gasteiger partial charge on any atom is -0.496 e. The molecule has 2 N–H and O–H groups in total. The summed E-state index contributed by atoms with van der Waals surface area (Å²) in [7, 11) is 1.45. The van der Waals surface area contributed by atoms with Crippen LogP contribution in [0.1, 0.15) is 15.9 Å². The summed E-state index contributed by atoms with van der Waals surface area (Å²) in [4.78, 5) is 12.2. The first-order chi connectivity index (χ1) is 9.10. The van der Waals surface area contributed by atoms with Gasteiger partial charge in [-0.15, -0.1) is 0 Å². The van der Waals surface area contributed by atoms with Crippen LogP contribution in [0.15, 0.2) is 42.5 Å². The molecule has 0 bridgehead atoms. The van der Waals surface area contributed by atoms with Crippen LogP contribution in [-0.2, 0) is 6.42 Å². The molecule has 0 aromatic heterocycles. The normalized spacial score (nSPS) is 10.2. The molecule has 0 aliphatic heterocycles. The number of anilines is 1. The summed E-state index contributed by atoms with van der Waals surface area (Å²) < 4.78 is 18.3. The number of carbonyl (C=O) groups is 1. The molecule has 3 nitrogen and oxygen atoms in total. The van der Waals surface area contributed by atoms with E-state index in [0.29, 0.717) is 11.4 Å². The van der Waals surface area contributed by atoms with Crippen LogP contribution in [0.3, 0.4) is 0 Å². The maximum Gasteiger partial charge on any atom is 0.171 e. The van der Waals surface area contributed by atoms with Gasteiger partial charge in [0.2, 0.25) is 0 Å². The van der Waals surface area contributed by atoms with E-state index < -0.39 is 5.82 Å². The molecule has 0 unspecified atom stereocenters. The molecule has 0 aliphatic rings. The van der Waals surface area contributed by atoms with Crippen molar-refractivity contribution >= 4 is 11.5 Å². The van der Waals surface area contributed by atoms with Crippen molar-refractivity contribution in [3.63, 3.8) is 0 Å². The minimum atomic E-state index is -0.461. The Kier molecular flexibility index (Phi) is 3.80. The van der Waals surface area contributed by atoms with E-state index in [-0.39, 0.29) is 17.8 Å². The minimum absolute atomic E-state index is 0.158. The average Bonchev–Trinajstić information content (AvgIpc) is 2.38. The SMILES string of the molecule is COc1ccc(F)cc1C(=O)Cc1cccc(N)c1. The van der Waals surface area contributed by atoms with E-state index in [1.54, 1.807) is 24.3 Å². The van der Waals surface area contributed by atoms with Crippen molar-refractivity contribution in [3.8, 4) is 5.75 Å². The molecule has 0 radical (unpaired) electrons. The number of hydrogen-bond donors (Lipinski definition) is 1. The Bertz CT molecular complexity index is 611. The lowest BCUT2D eigenvalue weighted by molar-refractivity contribution is 0.0989. The second kappa shape index (κ2) is 5.52. The first-order valence-electron chi connectivity index (χ1n) is 5.81. The van der Waals surface area contributed by atoms with Crippen LogP contribution < -0.4 is 10.5 Å². The average molecular weight is 259 g/mol. The van der Waals surface area contributed by atoms with Gasteiger partial charge in [0.25, 0.3) is 0 Å². The van der Waals surface area contributed by atoms with Crippen LogP contribution in [0.25, 0.3) is 0 Å². The molecular weight excluding hydrogens is 245 g/mol. The summed E-state index contributed by atoms with van der Waals surface area (Å²) in [6.07, 6.45) is 0.158. The van der Waals surface area contributed by atoms with Crippen LogP contribution in [-0.4, -0.2) is 12.9 Å². The number of carbonyl (C=O) groups excluding carboxylic acids is 1. The Labute approximate surface area is 110 Å². The number of halogens is 1. The molecule has 0 spiro atoms. The van der Waals surface area contributed by atoms with Gasteiger partial charge in [-0.2, -0.15) is 0 Å². The van der Waals surface area contributed by atoms with Gasteiger partial charge >= 0.3 is 0 Å². The second-order valence-corrected chi connectivity index (χ2v) is 4.19. The lowest BCUT2D eigenvalue weighted by Crippen LogP contribution is -2.06. The fourth-order valence-electron chi connectivity index (χ4n) is 1.88. The van der Waals surface area contributed by atoms with Crippen molar-refractivity contribution in [2.24, 2.45) is 0 Å². The van der Waals surface area contributed by atoms with Crippen LogP contribution in [0, 0.1) is 5.82 Å². The topological polar surface area (TPSA) is 52.3 Å². The second-order valence-electron chi connectivity index (χ2n) is 4.19. The molecule has 4 heteroatoms. The fourth-order valence-corrected chi connectivity index (χ4v) is 1.88. The monoisotopic (exact) mass is 259 g/mol. The van der Waals surface area contributed by atoms with Crippen LogP contribution in [0.2, 0.25) is 0 Å². The van der Waals surface area contributed by atoms with Crippen molar-refractivity contribution in [2.75, 3.05) is 12.8 Å². The highest BCUT2D eigenvalue weighted by Gasteiger charge is 2.14. The molecular formula is C15H14FNO2. The maximum atomic E-state index is 13.2. The molecule has 19 heavy (non-hydrogen) atoms. The van der Waals surface area contributed by atoms with Crippen LogP contribution in [0.4, 0.5) is 10.1 Å². The number of methoxy groups -OCH3 is 1. The van der Waals surface area contributed by atoms with Crippen molar-refractivity contribution in [3.05, 3.63) is 59.4 Å². The number of hydrogen-bond acceptors (Lipinski definition) is 3. The first kappa shape index (κ1) is 13.1. The zero-order valence-corrected chi connectivity index (χ0v) is 10.5. The molecule has 0 aliphatic carbocycles. The summed E-state index contributed by atoms with van der Waals surface area (Å²) in [6, 6.07) is 11.0. The number of ether oxygens (including phenoxy) is 1. The van der Waals surface area contributed by atoms with E-state index in [1.165, 1.54) is 25.3 Å². The van der Waals surface area contributed by atoms with Crippen molar-refractivity contribution in [1.29, 1.82) is 0 Å². The van der Waals surface area contributed by atoms with Crippen molar-refractivity contribution in [1.82, 2.24) is 0 Å². The lowest BCUT2D eigenvalue weighted by atomic mass is 10.0. The predicted octanol–water partition coefficient (Wildman–Crippen LogP) is 2.84. The van der Waals surface area contributed by atoms with Gasteiger partial charge in [-0.1, -0.05) is 12.1 Å². The Balaban J connectivity index is 2.27. The quantitative estimate of drug-likeness (QED) is 0.678. The van der Waals surface area contributed by atoms with Gasteiger partial charge in [0, 0.05) is 12.1 Å². The van der Waals surface area contributed by atoms with Crippen LogP contribution >= 0.6 is 0 Å². The number of benzene rings is 2. The number of rotatable bonds is 4. The highest BCUT2D eigenvalue weighted by molar-refractivity contribution is 6.00. The third kappa shape index (κ3) is 3.10. The van der Waals surface area contributed by atoms with Crippen molar-refractivity contribution < 1.29 is 13.9 Å². The summed E-state index contributed by atoms with van der Waals surface area (Å²) in [5.74, 6) is -0.297. The summed E-state index contributed by atoms with van der Waals surface area (Å²) in [6.45, 7) is 0. The van der Waals surface area contributed by atoms with Gasteiger partial charge in [0.1, 0.15) is 11.6 Å². The van der Waals surface area contributed by atoms with Gasteiger partial charge in [-0.05, 0) is 35.9 Å². The summed E-state index contributed by atoms with van der Waals surface area (Å²) >= 11 is 0. The summed E-state index contributed by atoms with van der Waals surface area (Å²) in [5, 5.41) is 0. The smallest absolute Gasteiger partial charge is 0.171 e. The van der Waals surface area contributed by atoms with E-state index in [0.717, 1.165) is 5.56 Å². The number of nitrogen functional groups attached to an aromatic ring is 1. The van der Waals surface area contributed by atoms with E-state index in [2.05, 4.69) is 0 Å². The molecule has 2 rings (SSSR count). The Morgan fingerprint density at radius 1 is 1.26 bits per heavy atom. The third-order valence-corrected chi connectivity index (χ3v) is 2.78. The Morgan fingerprint density at radius 3 is 2.74 bits per heavy atom. The fraction of sp³-hybridized carbons (Fsp3) is 0.133. The molecule has 0 fully saturated rings. The standard InChI is InChI=1S/C15H14FNO2/c1-19-15-6-5-11(16)9-13(15)14(18)8-10-3-2-4-12(17)7-10/h2-7,9H,8,17H2,1H3. The molecule has 0 amide bonds. The molecule has 2 aromatic rings. The Hall–Kier alpha value is -2.36. The van der Waals surface area contributed by atoms with Gasteiger partial charge < -0.3 is 10.5 Å². The highest BCUT2D eigenvalue weighted by Crippen LogP contribution is 2.21. The maximum absolute atomic E-state index is 13.2. The van der Waals surface area contributed by atoms with E-state index in [9.17, 15) is 9.18 Å². The van der Waals surface area contributed by atoms with Gasteiger partial charge in [-0.3, -0.25) is 4.79 Å². The number of ketones is 1. The molecule has 0 heterocycles. The molecule has 0 saturated carbocycles. The van der Waals surface area contributed by atoms with E-state index in [4.69, 9.17) is 10.5 Å². The van der Waals surface area contributed by atoms with Gasteiger partial charge in [-0.25, -0.2) is 4.39 Å². The van der Waals surface area contributed by atoms with Gasteiger partial charge in [0.15, 0.2) is 5.78 Å². The first-order valence-corrected chi connectivity index (χ1v) is 5.81. The largest absolute Gasteiger partial charge is 0.496 e. The number of Topliss-reactive ketones (excluding diaryl/α,β-unsaturated/α-hetero) is 1. The highest BCUT2D eigenvalue weighted by atomic mass is 19.1. The van der Waals surface area contributed by atoms with Gasteiger partial charge in [0.05, 0.1) is 12.7 Å². The zero-order chi connectivity index (χ0) is 13.8. The predicted molar refractivity (Wildman–Crippen MR) is 71.8 cm³/mol. The molecule has 98 valence electrons. The zero-order valence-electron chi connectivity index (χ0n) is 10.5. The lowest BCUT2D eigenvalue weighted by Gasteiger charge is -2.08. The Morgan fingerprint density at radius 2 is 2.05 bits per heavy atom. The molecule has 0 saturated heterocycles.